The van der Waals surface area contributed by atoms with Crippen LogP contribution in [-0.4, -0.2) is 11.2 Å². The van der Waals surface area contributed by atoms with Gasteiger partial charge in [0.1, 0.15) is 12.4 Å². The van der Waals surface area contributed by atoms with Gasteiger partial charge in [-0.3, -0.25) is 4.79 Å². The molecule has 0 saturated heterocycles. The van der Waals surface area contributed by atoms with E-state index < -0.39 is 11.6 Å². The fraction of sp³-hybridized carbons (Fsp3) is 0.188. The average Bonchev–Trinajstić information content (AvgIpc) is 2.44. The number of benzene rings is 1. The van der Waals surface area contributed by atoms with E-state index in [1.54, 1.807) is 6.92 Å². The van der Waals surface area contributed by atoms with Crippen molar-refractivity contribution in [1.82, 2.24) is 4.57 Å². The van der Waals surface area contributed by atoms with Crippen LogP contribution < -0.4 is 10.3 Å². The Morgan fingerprint density at radius 3 is 2.50 bits per heavy atom. The number of hydrogen-bond acceptors (Lipinski definition) is 2. The fourth-order valence-electron chi connectivity index (χ4n) is 1.96. The van der Waals surface area contributed by atoms with Crippen LogP contribution in [0.4, 0.5) is 8.78 Å². The molecule has 0 amide bonds. The van der Waals surface area contributed by atoms with Crippen LogP contribution in [0.25, 0.3) is 11.3 Å². The molecule has 0 aliphatic carbocycles. The van der Waals surface area contributed by atoms with Gasteiger partial charge >= 0.3 is 0 Å². The van der Waals surface area contributed by atoms with Gasteiger partial charge in [-0.1, -0.05) is 30.8 Å². The van der Waals surface area contributed by atoms with E-state index in [-0.39, 0.29) is 61.9 Å². The predicted octanol–water partition coefficient (Wildman–Crippen LogP) is 3.00. The summed E-state index contributed by atoms with van der Waals surface area (Å²) in [6.45, 7) is 5.22. The van der Waals surface area contributed by atoms with Crippen molar-refractivity contribution < 1.29 is 46.2 Å². The first kappa shape index (κ1) is 18.7. The van der Waals surface area contributed by atoms with Gasteiger partial charge < -0.3 is 9.30 Å². The second-order valence-corrected chi connectivity index (χ2v) is 4.55. The van der Waals surface area contributed by atoms with E-state index in [9.17, 15) is 13.6 Å². The molecule has 22 heavy (non-hydrogen) atoms. The largest absolute Gasteiger partial charge is 0.489 e. The summed E-state index contributed by atoms with van der Waals surface area (Å²) >= 11 is 0. The van der Waals surface area contributed by atoms with Gasteiger partial charge in [0.05, 0.1) is 11.6 Å². The number of rotatable bonds is 4. The molecule has 0 aliphatic heterocycles. The van der Waals surface area contributed by atoms with E-state index in [2.05, 4.69) is 12.6 Å². The molecule has 0 aliphatic rings. The second-order valence-electron chi connectivity index (χ2n) is 4.55. The molecule has 0 spiro atoms. The normalized spacial score (nSPS) is 10.0. The number of nitrogens with zero attached hydrogens (tertiary/aromatic N) is 1. The summed E-state index contributed by atoms with van der Waals surface area (Å²) in [6, 6.07) is 6.29. The van der Waals surface area contributed by atoms with Crippen LogP contribution in [-0.2, 0) is 39.8 Å². The zero-order chi connectivity index (χ0) is 15.6. The smallest absolute Gasteiger partial charge is 0.197 e. The summed E-state index contributed by atoms with van der Waals surface area (Å²) < 4.78 is 34.6. The molecular weight excluding hydrogens is 365 g/mol. The molecule has 1 radical (unpaired) electrons. The Morgan fingerprint density at radius 2 is 1.95 bits per heavy atom. The van der Waals surface area contributed by atoms with Gasteiger partial charge in [0.25, 0.3) is 0 Å². The van der Waals surface area contributed by atoms with Gasteiger partial charge in [-0.2, -0.15) is 12.1 Å². The van der Waals surface area contributed by atoms with Crippen molar-refractivity contribution >= 4 is 0 Å². The molecule has 6 heteroatoms. The first-order valence-corrected chi connectivity index (χ1v) is 6.27. The minimum absolute atomic E-state index is 0. The molecular formula is C16H14F2NO2Y-. The van der Waals surface area contributed by atoms with Gasteiger partial charge in [-0.05, 0) is 5.56 Å². The second kappa shape index (κ2) is 7.79. The molecule has 113 valence electrons. The van der Waals surface area contributed by atoms with E-state index in [0.29, 0.717) is 5.56 Å². The molecule has 0 saturated carbocycles. The summed E-state index contributed by atoms with van der Waals surface area (Å²) in [7, 11) is 1.45. The molecule has 2 rings (SSSR count). The van der Waals surface area contributed by atoms with Gasteiger partial charge in [-0.25, -0.2) is 8.78 Å². The molecule has 1 aromatic heterocycles. The van der Waals surface area contributed by atoms with E-state index in [1.165, 1.54) is 23.8 Å². The number of aromatic nitrogens is 1. The van der Waals surface area contributed by atoms with Crippen molar-refractivity contribution in [3.05, 3.63) is 64.5 Å². The van der Waals surface area contributed by atoms with E-state index in [4.69, 9.17) is 4.74 Å². The Balaban J connectivity index is 0.00000242. The van der Waals surface area contributed by atoms with E-state index in [0.717, 1.165) is 12.1 Å². The quantitative estimate of drug-likeness (QED) is 0.604. The van der Waals surface area contributed by atoms with Crippen LogP contribution in [0.5, 0.6) is 5.75 Å². The Morgan fingerprint density at radius 1 is 1.36 bits per heavy atom. The van der Waals surface area contributed by atoms with Crippen LogP contribution in [0.15, 0.2) is 35.6 Å². The van der Waals surface area contributed by atoms with Crippen LogP contribution in [0, 0.1) is 24.6 Å². The zero-order valence-electron chi connectivity index (χ0n) is 12.3. The summed E-state index contributed by atoms with van der Waals surface area (Å²) in [4.78, 5) is 11.9. The molecule has 0 fully saturated rings. The van der Waals surface area contributed by atoms with Crippen molar-refractivity contribution in [3.8, 4) is 17.0 Å². The maximum Gasteiger partial charge on any atom is 0.197 e. The monoisotopic (exact) mass is 379 g/mol. The standard InChI is InChI=1S/C16H14F2NO2.Y/c1-4-7-21-11-8-12(17)15(13(18)9-11)14-6-5-10(2)16(20)19(14)3;/h4-5,8-9H,1,7H2,2-3H3;/q-1;. The maximum absolute atomic E-state index is 14.2. The Hall–Kier alpha value is -1.33. The third-order valence-corrected chi connectivity index (χ3v) is 3.02. The van der Waals surface area contributed by atoms with Gasteiger partial charge in [0.15, 0.2) is 5.56 Å². The van der Waals surface area contributed by atoms with Gasteiger partial charge in [0.2, 0.25) is 0 Å². The van der Waals surface area contributed by atoms with Crippen LogP contribution in [0.3, 0.4) is 0 Å². The number of aryl methyl sites for hydroxylation is 1. The van der Waals surface area contributed by atoms with Crippen molar-refractivity contribution in [2.24, 2.45) is 7.05 Å². The van der Waals surface area contributed by atoms with Crippen molar-refractivity contribution in [1.29, 1.82) is 0 Å². The Kier molecular flexibility index (Phi) is 6.63. The summed E-state index contributed by atoms with van der Waals surface area (Å²) in [5.41, 5.74) is -0.126. The first-order valence-electron chi connectivity index (χ1n) is 6.27. The van der Waals surface area contributed by atoms with Crippen LogP contribution in [0.1, 0.15) is 5.56 Å². The molecule has 0 unspecified atom stereocenters. The minimum atomic E-state index is -0.816. The number of ether oxygens (including phenoxy) is 1. The molecule has 0 bridgehead atoms. The summed E-state index contributed by atoms with van der Waals surface area (Å²) in [5, 5.41) is 0. The molecule has 1 heterocycles. The molecule has 3 nitrogen and oxygen atoms in total. The number of hydrogen-bond donors (Lipinski definition) is 0. The zero-order valence-corrected chi connectivity index (χ0v) is 15.2. The summed E-state index contributed by atoms with van der Waals surface area (Å²) in [5.74, 6) is -1.57. The van der Waals surface area contributed by atoms with Crippen molar-refractivity contribution in [2.45, 2.75) is 6.92 Å². The summed E-state index contributed by atoms with van der Waals surface area (Å²) in [6.07, 6.45) is 1.47. The first-order chi connectivity index (χ1) is 9.95. The molecule has 0 atom stereocenters. The topological polar surface area (TPSA) is 31.2 Å². The number of pyridine rings is 1. The maximum atomic E-state index is 14.2. The predicted molar refractivity (Wildman–Crippen MR) is 76.3 cm³/mol. The van der Waals surface area contributed by atoms with Crippen LogP contribution >= 0.6 is 0 Å². The SMILES string of the molecule is C=CCOc1cc(F)c(-c2[c-]cc(C)c(=O)n2C)c(F)c1.[Y]. The molecule has 1 aromatic carbocycles. The third-order valence-electron chi connectivity index (χ3n) is 3.02. The van der Waals surface area contributed by atoms with Crippen LogP contribution in [0.2, 0.25) is 0 Å². The van der Waals surface area contributed by atoms with E-state index in [1.807, 2.05) is 0 Å². The fourth-order valence-corrected chi connectivity index (χ4v) is 1.96. The van der Waals surface area contributed by atoms with E-state index >= 15 is 0 Å². The van der Waals surface area contributed by atoms with Crippen molar-refractivity contribution in [3.63, 3.8) is 0 Å². The molecule has 0 N–H and O–H groups in total. The minimum Gasteiger partial charge on any atom is -0.489 e. The average molecular weight is 379 g/mol. The third kappa shape index (κ3) is 3.71. The van der Waals surface area contributed by atoms with Gasteiger partial charge in [0, 0.05) is 51.9 Å². The molecule has 2 aromatic rings. The Bertz CT molecular complexity index is 733. The van der Waals surface area contributed by atoms with Gasteiger partial charge in [-0.15, -0.1) is 0 Å². The van der Waals surface area contributed by atoms with Crippen molar-refractivity contribution in [2.75, 3.05) is 6.61 Å². The number of halogens is 2. The Labute approximate surface area is 152 Å².